The summed E-state index contributed by atoms with van der Waals surface area (Å²) >= 11 is 0. The summed E-state index contributed by atoms with van der Waals surface area (Å²) in [6.45, 7) is 2.74. The number of nitrogens with one attached hydrogen (secondary N) is 1. The van der Waals surface area contributed by atoms with Gasteiger partial charge in [-0.2, -0.15) is 0 Å². The lowest BCUT2D eigenvalue weighted by Gasteiger charge is -2.15. The van der Waals surface area contributed by atoms with Gasteiger partial charge in [0.25, 0.3) is 0 Å². The molecule has 0 aliphatic heterocycles. The van der Waals surface area contributed by atoms with Gasteiger partial charge in [-0.25, -0.2) is 5.43 Å². The Morgan fingerprint density at radius 1 is 1.44 bits per heavy atom. The SMILES string of the molecule is CCCOc1cncc(C(NN)c2ccoc2)c1. The van der Waals surface area contributed by atoms with Crippen molar-refractivity contribution in [2.24, 2.45) is 5.84 Å². The van der Waals surface area contributed by atoms with Crippen molar-refractivity contribution < 1.29 is 9.15 Å². The van der Waals surface area contributed by atoms with Crippen molar-refractivity contribution in [1.82, 2.24) is 10.4 Å². The van der Waals surface area contributed by atoms with E-state index in [1.54, 1.807) is 24.9 Å². The number of hydrogen-bond acceptors (Lipinski definition) is 5. The second-order valence-electron chi connectivity index (χ2n) is 3.96. The molecule has 0 spiro atoms. The summed E-state index contributed by atoms with van der Waals surface area (Å²) in [5, 5.41) is 0. The van der Waals surface area contributed by atoms with Crippen molar-refractivity contribution in [3.8, 4) is 5.75 Å². The van der Waals surface area contributed by atoms with Crippen LogP contribution in [0.1, 0.15) is 30.5 Å². The lowest BCUT2D eigenvalue weighted by atomic mass is 10.0. The normalized spacial score (nSPS) is 12.3. The van der Waals surface area contributed by atoms with Crippen LogP contribution in [0.4, 0.5) is 0 Å². The Balaban J connectivity index is 2.20. The Kier molecular flexibility index (Phi) is 4.33. The molecule has 0 fully saturated rings. The molecule has 0 radical (unpaired) electrons. The third-order valence-corrected chi connectivity index (χ3v) is 2.58. The molecule has 0 aliphatic rings. The molecule has 1 unspecified atom stereocenters. The fraction of sp³-hybridized carbons (Fsp3) is 0.308. The van der Waals surface area contributed by atoms with Gasteiger partial charge in [-0.1, -0.05) is 6.92 Å². The summed E-state index contributed by atoms with van der Waals surface area (Å²) in [7, 11) is 0. The molecule has 0 bridgehead atoms. The van der Waals surface area contributed by atoms with Gasteiger partial charge in [0.1, 0.15) is 5.75 Å². The van der Waals surface area contributed by atoms with Crippen LogP contribution >= 0.6 is 0 Å². The minimum atomic E-state index is -0.151. The molecule has 0 aliphatic carbocycles. The molecule has 0 saturated heterocycles. The van der Waals surface area contributed by atoms with E-state index in [1.165, 1.54) is 0 Å². The third-order valence-electron chi connectivity index (χ3n) is 2.58. The predicted molar refractivity (Wildman–Crippen MR) is 67.9 cm³/mol. The number of pyridine rings is 1. The van der Waals surface area contributed by atoms with Crippen LogP contribution in [0.25, 0.3) is 0 Å². The van der Waals surface area contributed by atoms with Crippen molar-refractivity contribution in [2.45, 2.75) is 19.4 Å². The number of hydrazine groups is 1. The van der Waals surface area contributed by atoms with Gasteiger partial charge in [-0.05, 0) is 24.1 Å². The lowest BCUT2D eigenvalue weighted by molar-refractivity contribution is 0.315. The smallest absolute Gasteiger partial charge is 0.137 e. The number of ether oxygens (including phenoxy) is 1. The van der Waals surface area contributed by atoms with Crippen LogP contribution in [0, 0.1) is 0 Å². The zero-order valence-corrected chi connectivity index (χ0v) is 10.3. The highest BCUT2D eigenvalue weighted by molar-refractivity contribution is 5.32. The van der Waals surface area contributed by atoms with Crippen LogP contribution in [0.5, 0.6) is 5.75 Å². The van der Waals surface area contributed by atoms with Gasteiger partial charge >= 0.3 is 0 Å². The maximum Gasteiger partial charge on any atom is 0.137 e. The first kappa shape index (κ1) is 12.6. The minimum Gasteiger partial charge on any atom is -0.492 e. The summed E-state index contributed by atoms with van der Waals surface area (Å²) in [5.74, 6) is 6.33. The van der Waals surface area contributed by atoms with Gasteiger partial charge in [0.2, 0.25) is 0 Å². The van der Waals surface area contributed by atoms with Gasteiger partial charge in [0, 0.05) is 11.8 Å². The Morgan fingerprint density at radius 3 is 3.00 bits per heavy atom. The molecule has 2 rings (SSSR count). The zero-order chi connectivity index (χ0) is 12.8. The first-order chi connectivity index (χ1) is 8.85. The number of aromatic nitrogens is 1. The van der Waals surface area contributed by atoms with Crippen LogP contribution in [0.15, 0.2) is 41.5 Å². The Hall–Kier alpha value is -1.85. The van der Waals surface area contributed by atoms with Crippen molar-refractivity contribution in [2.75, 3.05) is 6.61 Å². The monoisotopic (exact) mass is 247 g/mol. The fourth-order valence-electron chi connectivity index (χ4n) is 1.72. The largest absolute Gasteiger partial charge is 0.492 e. The average Bonchev–Trinajstić information content (AvgIpc) is 2.92. The Bertz CT molecular complexity index is 471. The first-order valence-electron chi connectivity index (χ1n) is 5.91. The van der Waals surface area contributed by atoms with E-state index >= 15 is 0 Å². The molecule has 1 atom stereocenters. The van der Waals surface area contributed by atoms with Crippen LogP contribution in [-0.4, -0.2) is 11.6 Å². The molecule has 5 heteroatoms. The molecular formula is C13H17N3O2. The van der Waals surface area contributed by atoms with E-state index in [1.807, 2.05) is 12.1 Å². The topological polar surface area (TPSA) is 73.3 Å². The molecule has 3 N–H and O–H groups in total. The summed E-state index contributed by atoms with van der Waals surface area (Å²) < 4.78 is 10.6. The van der Waals surface area contributed by atoms with Crippen LogP contribution in [0.3, 0.4) is 0 Å². The van der Waals surface area contributed by atoms with E-state index in [0.717, 1.165) is 23.3 Å². The van der Waals surface area contributed by atoms with Gasteiger partial charge in [0.15, 0.2) is 0 Å². The average molecular weight is 247 g/mol. The summed E-state index contributed by atoms with van der Waals surface area (Å²) in [6.07, 6.45) is 7.69. The standard InChI is InChI=1S/C13H17N3O2/c1-2-4-18-12-6-11(7-15-8-12)13(16-14)10-3-5-17-9-10/h3,5-9,13,16H,2,4,14H2,1H3. The summed E-state index contributed by atoms with van der Waals surface area (Å²) in [5.41, 5.74) is 4.64. The van der Waals surface area contributed by atoms with Gasteiger partial charge < -0.3 is 9.15 Å². The molecule has 2 aromatic heterocycles. The van der Waals surface area contributed by atoms with Crippen molar-refractivity contribution in [3.05, 3.63) is 48.2 Å². The lowest BCUT2D eigenvalue weighted by Crippen LogP contribution is -2.28. The molecule has 0 saturated carbocycles. The molecule has 5 nitrogen and oxygen atoms in total. The van der Waals surface area contributed by atoms with Crippen LogP contribution in [0.2, 0.25) is 0 Å². The number of hydrogen-bond donors (Lipinski definition) is 2. The zero-order valence-electron chi connectivity index (χ0n) is 10.3. The van der Waals surface area contributed by atoms with Crippen molar-refractivity contribution >= 4 is 0 Å². The third kappa shape index (κ3) is 2.88. The Morgan fingerprint density at radius 2 is 2.33 bits per heavy atom. The number of furan rings is 1. The minimum absolute atomic E-state index is 0.151. The highest BCUT2D eigenvalue weighted by atomic mass is 16.5. The molecule has 0 amide bonds. The van der Waals surface area contributed by atoms with Gasteiger partial charge in [-0.15, -0.1) is 0 Å². The first-order valence-corrected chi connectivity index (χ1v) is 5.91. The number of nitrogens with two attached hydrogens (primary N) is 1. The number of nitrogens with zero attached hydrogens (tertiary/aromatic N) is 1. The van der Waals surface area contributed by atoms with Gasteiger partial charge in [-0.3, -0.25) is 10.8 Å². The second-order valence-corrected chi connectivity index (χ2v) is 3.96. The maximum absolute atomic E-state index is 5.59. The molecule has 2 heterocycles. The van der Waals surface area contributed by atoms with Crippen molar-refractivity contribution in [1.29, 1.82) is 0 Å². The van der Waals surface area contributed by atoms with E-state index < -0.39 is 0 Å². The molecule has 2 aromatic rings. The second kappa shape index (κ2) is 6.18. The van der Waals surface area contributed by atoms with Crippen LogP contribution < -0.4 is 16.0 Å². The van der Waals surface area contributed by atoms with E-state index in [-0.39, 0.29) is 6.04 Å². The van der Waals surface area contributed by atoms with E-state index in [9.17, 15) is 0 Å². The van der Waals surface area contributed by atoms with Crippen molar-refractivity contribution in [3.63, 3.8) is 0 Å². The quantitative estimate of drug-likeness (QED) is 0.603. The van der Waals surface area contributed by atoms with Crippen LogP contribution in [-0.2, 0) is 0 Å². The van der Waals surface area contributed by atoms with E-state index in [2.05, 4.69) is 17.3 Å². The summed E-state index contributed by atoms with van der Waals surface area (Å²) in [4.78, 5) is 4.17. The highest BCUT2D eigenvalue weighted by Gasteiger charge is 2.14. The predicted octanol–water partition coefficient (Wildman–Crippen LogP) is 2.02. The Labute approximate surface area is 106 Å². The van der Waals surface area contributed by atoms with Gasteiger partial charge in [0.05, 0.1) is 31.4 Å². The highest BCUT2D eigenvalue weighted by Crippen LogP contribution is 2.23. The molecule has 0 aromatic carbocycles. The number of rotatable bonds is 6. The molecule has 18 heavy (non-hydrogen) atoms. The fourth-order valence-corrected chi connectivity index (χ4v) is 1.72. The van der Waals surface area contributed by atoms with E-state index in [0.29, 0.717) is 6.61 Å². The van der Waals surface area contributed by atoms with E-state index in [4.69, 9.17) is 15.0 Å². The molecular weight excluding hydrogens is 230 g/mol. The summed E-state index contributed by atoms with van der Waals surface area (Å²) in [6, 6.07) is 3.64. The maximum atomic E-state index is 5.59. The molecule has 96 valence electrons.